The fourth-order valence-electron chi connectivity index (χ4n) is 2.71. The zero-order chi connectivity index (χ0) is 12.5. The van der Waals surface area contributed by atoms with Gasteiger partial charge in [0, 0.05) is 18.3 Å². The number of anilines is 1. The fraction of sp³-hybridized carbons (Fsp3) is 0.333. The lowest BCUT2D eigenvalue weighted by Gasteiger charge is -2.27. The largest absolute Gasteiger partial charge is 0.468 e. The topological polar surface area (TPSA) is 42.4 Å². The molecule has 2 aromatic rings. The molecule has 18 heavy (non-hydrogen) atoms. The molecule has 1 aliphatic rings. The van der Waals surface area contributed by atoms with Crippen LogP contribution in [0.2, 0.25) is 0 Å². The smallest absolute Gasteiger partial charge is 0.122 e. The maximum atomic E-state index is 6.20. The van der Waals surface area contributed by atoms with Gasteiger partial charge in [0.25, 0.3) is 0 Å². The normalized spacial score (nSPS) is 19.9. The molecule has 0 bridgehead atoms. The molecule has 2 unspecified atom stereocenters. The van der Waals surface area contributed by atoms with Crippen LogP contribution in [0.1, 0.15) is 24.3 Å². The summed E-state index contributed by atoms with van der Waals surface area (Å²) in [6, 6.07) is 12.8. The molecule has 3 heteroatoms. The average molecular weight is 242 g/mol. The highest BCUT2D eigenvalue weighted by Crippen LogP contribution is 2.32. The summed E-state index contributed by atoms with van der Waals surface area (Å²) in [4.78, 5) is 2.38. The molecular weight excluding hydrogens is 224 g/mol. The molecule has 1 aliphatic heterocycles. The minimum Gasteiger partial charge on any atom is -0.468 e. The third-order valence-corrected chi connectivity index (χ3v) is 3.65. The summed E-state index contributed by atoms with van der Waals surface area (Å²) in [6.07, 6.45) is 2.78. The van der Waals surface area contributed by atoms with Crippen LogP contribution in [0.5, 0.6) is 0 Å². The van der Waals surface area contributed by atoms with Crippen molar-refractivity contribution >= 4 is 5.69 Å². The van der Waals surface area contributed by atoms with E-state index in [4.69, 9.17) is 10.2 Å². The minimum absolute atomic E-state index is 0.0754. The quantitative estimate of drug-likeness (QED) is 0.900. The Labute approximate surface area is 107 Å². The van der Waals surface area contributed by atoms with Gasteiger partial charge in [-0.25, -0.2) is 0 Å². The molecule has 0 radical (unpaired) electrons. The molecule has 1 aromatic heterocycles. The maximum Gasteiger partial charge on any atom is 0.122 e. The molecule has 0 amide bonds. The van der Waals surface area contributed by atoms with Crippen LogP contribution in [0.3, 0.4) is 0 Å². The zero-order valence-corrected chi connectivity index (χ0v) is 10.5. The molecule has 94 valence electrons. The van der Waals surface area contributed by atoms with Crippen molar-refractivity contribution in [2.75, 3.05) is 11.4 Å². The van der Waals surface area contributed by atoms with Crippen LogP contribution in [0.15, 0.2) is 47.1 Å². The van der Waals surface area contributed by atoms with Gasteiger partial charge in [-0.05, 0) is 37.1 Å². The molecule has 3 nitrogen and oxygen atoms in total. The van der Waals surface area contributed by atoms with Gasteiger partial charge in [-0.1, -0.05) is 18.2 Å². The van der Waals surface area contributed by atoms with E-state index in [2.05, 4.69) is 36.1 Å². The van der Waals surface area contributed by atoms with Crippen molar-refractivity contribution in [2.24, 2.45) is 5.73 Å². The van der Waals surface area contributed by atoms with Gasteiger partial charge < -0.3 is 15.1 Å². The maximum absolute atomic E-state index is 6.20. The second-order valence-electron chi connectivity index (χ2n) is 4.96. The summed E-state index contributed by atoms with van der Waals surface area (Å²) in [5, 5.41) is 0. The molecule has 0 spiro atoms. The van der Waals surface area contributed by atoms with Gasteiger partial charge in [-0.15, -0.1) is 0 Å². The van der Waals surface area contributed by atoms with Crippen molar-refractivity contribution in [3.63, 3.8) is 0 Å². The Kier molecular flexibility index (Phi) is 2.84. The van der Waals surface area contributed by atoms with Gasteiger partial charge in [-0.2, -0.15) is 0 Å². The number of benzene rings is 1. The molecule has 0 aliphatic carbocycles. The Morgan fingerprint density at radius 2 is 2.17 bits per heavy atom. The van der Waals surface area contributed by atoms with E-state index >= 15 is 0 Å². The van der Waals surface area contributed by atoms with Gasteiger partial charge >= 0.3 is 0 Å². The summed E-state index contributed by atoms with van der Waals surface area (Å²) in [5.74, 6) is 0.853. The van der Waals surface area contributed by atoms with Gasteiger partial charge in [-0.3, -0.25) is 0 Å². The first-order valence-corrected chi connectivity index (χ1v) is 6.39. The van der Waals surface area contributed by atoms with Crippen LogP contribution >= 0.6 is 0 Å². The number of furan rings is 1. The van der Waals surface area contributed by atoms with E-state index in [1.165, 1.54) is 11.3 Å². The number of hydrogen-bond donors (Lipinski definition) is 1. The fourth-order valence-corrected chi connectivity index (χ4v) is 2.71. The molecular formula is C15H18N2O. The number of para-hydroxylation sites is 1. The van der Waals surface area contributed by atoms with E-state index in [0.717, 1.165) is 18.7 Å². The first-order valence-electron chi connectivity index (χ1n) is 6.39. The lowest BCUT2D eigenvalue weighted by Crippen LogP contribution is -2.36. The first-order chi connectivity index (χ1) is 8.75. The van der Waals surface area contributed by atoms with Gasteiger partial charge in [0.15, 0.2) is 0 Å². The summed E-state index contributed by atoms with van der Waals surface area (Å²) in [7, 11) is 0. The van der Waals surface area contributed by atoms with Crippen LogP contribution in [0.25, 0.3) is 0 Å². The Morgan fingerprint density at radius 1 is 1.33 bits per heavy atom. The average Bonchev–Trinajstić information content (AvgIpc) is 2.98. The van der Waals surface area contributed by atoms with Crippen molar-refractivity contribution < 1.29 is 4.42 Å². The Balaban J connectivity index is 1.81. The summed E-state index contributed by atoms with van der Waals surface area (Å²) in [5.41, 5.74) is 8.93. The lowest BCUT2D eigenvalue weighted by molar-refractivity contribution is 0.458. The van der Waals surface area contributed by atoms with E-state index < -0.39 is 0 Å². The Hall–Kier alpha value is -1.74. The number of hydrogen-bond acceptors (Lipinski definition) is 3. The van der Waals surface area contributed by atoms with E-state index in [9.17, 15) is 0 Å². The highest BCUT2D eigenvalue weighted by molar-refractivity contribution is 5.59. The molecule has 0 saturated heterocycles. The summed E-state index contributed by atoms with van der Waals surface area (Å²) < 4.78 is 5.38. The standard InChI is InChI=1S/C15H18N2O/c1-11-9-12-5-2-3-6-14(12)17(11)10-13(16)15-7-4-8-18-15/h2-8,11,13H,9-10,16H2,1H3. The number of fused-ring (bicyclic) bond motifs is 1. The monoisotopic (exact) mass is 242 g/mol. The Bertz CT molecular complexity index is 521. The van der Waals surface area contributed by atoms with Gasteiger partial charge in [0.2, 0.25) is 0 Å². The van der Waals surface area contributed by atoms with Crippen molar-refractivity contribution in [1.82, 2.24) is 0 Å². The highest BCUT2D eigenvalue weighted by Gasteiger charge is 2.27. The molecule has 2 N–H and O–H groups in total. The molecule has 0 fully saturated rings. The third-order valence-electron chi connectivity index (χ3n) is 3.65. The van der Waals surface area contributed by atoms with Gasteiger partial charge in [0.1, 0.15) is 5.76 Å². The van der Waals surface area contributed by atoms with E-state index in [-0.39, 0.29) is 6.04 Å². The summed E-state index contributed by atoms with van der Waals surface area (Å²) >= 11 is 0. The van der Waals surface area contributed by atoms with E-state index in [1.54, 1.807) is 6.26 Å². The zero-order valence-electron chi connectivity index (χ0n) is 10.5. The van der Waals surface area contributed by atoms with Crippen molar-refractivity contribution in [3.8, 4) is 0 Å². The number of nitrogens with two attached hydrogens (primary N) is 1. The van der Waals surface area contributed by atoms with Crippen molar-refractivity contribution in [3.05, 3.63) is 54.0 Å². The summed E-state index contributed by atoms with van der Waals surface area (Å²) in [6.45, 7) is 3.04. The minimum atomic E-state index is -0.0754. The second kappa shape index (κ2) is 4.50. The van der Waals surface area contributed by atoms with Crippen molar-refractivity contribution in [2.45, 2.75) is 25.4 Å². The SMILES string of the molecule is CC1Cc2ccccc2N1CC(N)c1ccco1. The lowest BCUT2D eigenvalue weighted by atomic mass is 10.1. The predicted octanol–water partition coefficient (Wildman–Crippen LogP) is 2.73. The molecule has 2 atom stereocenters. The van der Waals surface area contributed by atoms with Crippen molar-refractivity contribution in [1.29, 1.82) is 0 Å². The van der Waals surface area contributed by atoms with E-state index in [1.807, 2.05) is 12.1 Å². The number of rotatable bonds is 3. The Morgan fingerprint density at radius 3 is 2.94 bits per heavy atom. The van der Waals surface area contributed by atoms with Crippen LogP contribution in [-0.2, 0) is 6.42 Å². The second-order valence-corrected chi connectivity index (χ2v) is 4.96. The van der Waals surface area contributed by atoms with Crippen LogP contribution < -0.4 is 10.6 Å². The van der Waals surface area contributed by atoms with Crippen LogP contribution in [-0.4, -0.2) is 12.6 Å². The molecule has 3 rings (SSSR count). The van der Waals surface area contributed by atoms with Crippen LogP contribution in [0.4, 0.5) is 5.69 Å². The predicted molar refractivity (Wildman–Crippen MR) is 72.6 cm³/mol. The molecule has 0 saturated carbocycles. The molecule has 1 aromatic carbocycles. The highest BCUT2D eigenvalue weighted by atomic mass is 16.3. The first kappa shape index (κ1) is 11.4. The van der Waals surface area contributed by atoms with Crippen LogP contribution in [0, 0.1) is 0 Å². The van der Waals surface area contributed by atoms with E-state index in [0.29, 0.717) is 6.04 Å². The number of nitrogens with zero attached hydrogens (tertiary/aromatic N) is 1. The molecule has 2 heterocycles. The third kappa shape index (κ3) is 1.91. The van der Waals surface area contributed by atoms with Gasteiger partial charge in [0.05, 0.1) is 12.3 Å².